The number of rotatable bonds is 7. The topological polar surface area (TPSA) is 24.5 Å². The smallest absolute Gasteiger partial charge is 0.123 e. The van der Waals surface area contributed by atoms with Crippen LogP contribution in [0, 0.1) is 0 Å². The lowest BCUT2D eigenvalue weighted by atomic mass is 9.94. The summed E-state index contributed by atoms with van der Waals surface area (Å²) in [6.45, 7) is 6.21. The van der Waals surface area contributed by atoms with Gasteiger partial charge in [0.15, 0.2) is 0 Å². The molecule has 1 aliphatic carbocycles. The highest BCUT2D eigenvalue weighted by Crippen LogP contribution is 2.25. The van der Waals surface area contributed by atoms with Gasteiger partial charge in [0.05, 0.1) is 7.11 Å². The number of ether oxygens (including phenoxy) is 1. The maximum atomic E-state index is 5.59. The Balaban J connectivity index is 1.98. The third-order valence-electron chi connectivity index (χ3n) is 4.68. The Bertz CT molecular complexity index is 453. The molecule has 1 saturated carbocycles. The molecule has 0 amide bonds. The van der Waals surface area contributed by atoms with Gasteiger partial charge in [-0.05, 0) is 31.5 Å². The fourth-order valence-electron chi connectivity index (χ4n) is 3.29. The molecule has 22 heavy (non-hydrogen) atoms. The molecule has 1 aromatic carbocycles. The average Bonchev–Trinajstić information content (AvgIpc) is 2.54. The summed E-state index contributed by atoms with van der Waals surface area (Å²) in [5.41, 5.74) is 2.58. The Hall–Kier alpha value is -1.06. The van der Waals surface area contributed by atoms with Gasteiger partial charge in [-0.15, -0.1) is 0 Å². The zero-order valence-corrected chi connectivity index (χ0v) is 14.7. The maximum absolute atomic E-state index is 5.59. The van der Waals surface area contributed by atoms with Crippen molar-refractivity contribution in [3.63, 3.8) is 0 Å². The van der Waals surface area contributed by atoms with E-state index in [-0.39, 0.29) is 0 Å². The van der Waals surface area contributed by atoms with E-state index in [2.05, 4.69) is 49.3 Å². The van der Waals surface area contributed by atoms with E-state index in [0.29, 0.717) is 6.04 Å². The predicted octanol–water partition coefficient (Wildman–Crippen LogP) is 3.96. The van der Waals surface area contributed by atoms with Crippen LogP contribution in [0.3, 0.4) is 0 Å². The molecule has 2 rings (SSSR count). The quantitative estimate of drug-likeness (QED) is 0.825. The van der Waals surface area contributed by atoms with Crippen LogP contribution in [0.2, 0.25) is 0 Å². The minimum Gasteiger partial charge on any atom is -0.496 e. The molecule has 0 bridgehead atoms. The summed E-state index contributed by atoms with van der Waals surface area (Å²) in [5.74, 6) is 1.00. The minimum absolute atomic E-state index is 0.488. The van der Waals surface area contributed by atoms with Crippen LogP contribution in [0.25, 0.3) is 0 Å². The van der Waals surface area contributed by atoms with Crippen LogP contribution in [0.15, 0.2) is 18.2 Å². The van der Waals surface area contributed by atoms with Crippen molar-refractivity contribution in [2.45, 2.75) is 71.1 Å². The van der Waals surface area contributed by atoms with E-state index in [1.165, 1.54) is 43.2 Å². The van der Waals surface area contributed by atoms with Crippen LogP contribution in [0.4, 0.5) is 0 Å². The van der Waals surface area contributed by atoms with Gasteiger partial charge in [-0.1, -0.05) is 45.2 Å². The lowest BCUT2D eigenvalue weighted by Gasteiger charge is -2.31. The third kappa shape index (κ3) is 4.99. The zero-order valence-electron chi connectivity index (χ0n) is 14.7. The number of hydrogen-bond acceptors (Lipinski definition) is 3. The monoisotopic (exact) mass is 304 g/mol. The van der Waals surface area contributed by atoms with Crippen LogP contribution in [-0.2, 0) is 13.1 Å². The van der Waals surface area contributed by atoms with Gasteiger partial charge in [-0.3, -0.25) is 4.90 Å². The Morgan fingerprint density at radius 3 is 2.59 bits per heavy atom. The van der Waals surface area contributed by atoms with E-state index < -0.39 is 0 Å². The molecule has 0 heterocycles. The second-order valence-corrected chi connectivity index (χ2v) is 6.89. The molecule has 3 heteroatoms. The van der Waals surface area contributed by atoms with E-state index in [4.69, 9.17) is 4.74 Å². The molecule has 0 radical (unpaired) electrons. The largest absolute Gasteiger partial charge is 0.496 e. The van der Waals surface area contributed by atoms with Gasteiger partial charge in [0.2, 0.25) is 0 Å². The Morgan fingerprint density at radius 1 is 1.23 bits per heavy atom. The maximum Gasteiger partial charge on any atom is 0.123 e. The van der Waals surface area contributed by atoms with Crippen molar-refractivity contribution >= 4 is 0 Å². The Morgan fingerprint density at radius 2 is 1.95 bits per heavy atom. The van der Waals surface area contributed by atoms with E-state index in [0.717, 1.165) is 24.9 Å². The van der Waals surface area contributed by atoms with Crippen molar-refractivity contribution in [2.75, 3.05) is 14.2 Å². The van der Waals surface area contributed by atoms with Gasteiger partial charge in [0, 0.05) is 30.7 Å². The van der Waals surface area contributed by atoms with Crippen LogP contribution in [0.5, 0.6) is 5.75 Å². The van der Waals surface area contributed by atoms with Crippen molar-refractivity contribution in [3.8, 4) is 5.75 Å². The van der Waals surface area contributed by atoms with Crippen LogP contribution in [0.1, 0.15) is 57.1 Å². The second-order valence-electron chi connectivity index (χ2n) is 6.89. The Kier molecular flexibility index (Phi) is 6.71. The standard InChI is InChI=1S/C19H32N2O/c1-15(2)20-13-17-11-10-16(12-19(17)22-4)14-21(3)18-8-6-5-7-9-18/h10-12,15,18,20H,5-9,13-14H2,1-4H3. The molecular formula is C19H32N2O. The molecule has 0 aliphatic heterocycles. The molecule has 124 valence electrons. The average molecular weight is 304 g/mol. The van der Waals surface area contributed by atoms with Crippen molar-refractivity contribution < 1.29 is 4.74 Å². The summed E-state index contributed by atoms with van der Waals surface area (Å²) in [5, 5.41) is 3.46. The molecule has 3 nitrogen and oxygen atoms in total. The molecule has 0 saturated heterocycles. The molecule has 0 unspecified atom stereocenters. The number of methoxy groups -OCH3 is 1. The lowest BCUT2D eigenvalue weighted by Crippen LogP contribution is -2.32. The molecule has 0 spiro atoms. The summed E-state index contributed by atoms with van der Waals surface area (Å²) in [7, 11) is 4.03. The minimum atomic E-state index is 0.488. The van der Waals surface area contributed by atoms with Crippen molar-refractivity contribution in [1.82, 2.24) is 10.2 Å². The fraction of sp³-hybridized carbons (Fsp3) is 0.684. The summed E-state index contributed by atoms with van der Waals surface area (Å²) >= 11 is 0. The van der Waals surface area contributed by atoms with Crippen LogP contribution >= 0.6 is 0 Å². The van der Waals surface area contributed by atoms with E-state index in [9.17, 15) is 0 Å². The summed E-state index contributed by atoms with van der Waals surface area (Å²) in [6, 6.07) is 7.90. The lowest BCUT2D eigenvalue weighted by molar-refractivity contribution is 0.184. The molecule has 0 atom stereocenters. The molecule has 1 aliphatic rings. The highest BCUT2D eigenvalue weighted by atomic mass is 16.5. The molecule has 1 N–H and O–H groups in total. The number of hydrogen-bond donors (Lipinski definition) is 1. The van der Waals surface area contributed by atoms with E-state index in [1.54, 1.807) is 7.11 Å². The Labute approximate surface area is 136 Å². The van der Waals surface area contributed by atoms with Crippen LogP contribution in [-0.4, -0.2) is 31.1 Å². The molecule has 1 aromatic rings. The first kappa shape index (κ1) is 17.3. The van der Waals surface area contributed by atoms with Gasteiger partial charge in [-0.25, -0.2) is 0 Å². The molecule has 0 aromatic heterocycles. The molecule has 1 fully saturated rings. The van der Waals surface area contributed by atoms with Crippen LogP contribution < -0.4 is 10.1 Å². The van der Waals surface area contributed by atoms with E-state index >= 15 is 0 Å². The van der Waals surface area contributed by atoms with Crippen molar-refractivity contribution in [3.05, 3.63) is 29.3 Å². The van der Waals surface area contributed by atoms with Gasteiger partial charge < -0.3 is 10.1 Å². The van der Waals surface area contributed by atoms with Gasteiger partial charge in [-0.2, -0.15) is 0 Å². The highest BCUT2D eigenvalue weighted by molar-refractivity contribution is 5.37. The predicted molar refractivity (Wildman–Crippen MR) is 93.3 cm³/mol. The number of benzene rings is 1. The zero-order chi connectivity index (χ0) is 15.9. The number of nitrogens with zero attached hydrogens (tertiary/aromatic N) is 1. The molecular weight excluding hydrogens is 272 g/mol. The van der Waals surface area contributed by atoms with Gasteiger partial charge in [0.25, 0.3) is 0 Å². The first-order chi connectivity index (χ1) is 10.6. The first-order valence-electron chi connectivity index (χ1n) is 8.69. The fourth-order valence-corrected chi connectivity index (χ4v) is 3.29. The summed E-state index contributed by atoms with van der Waals surface area (Å²) < 4.78 is 5.59. The third-order valence-corrected chi connectivity index (χ3v) is 4.68. The number of nitrogens with one attached hydrogen (secondary N) is 1. The summed E-state index contributed by atoms with van der Waals surface area (Å²) in [4.78, 5) is 2.51. The SMILES string of the molecule is COc1cc(CN(C)C2CCCCC2)ccc1CNC(C)C. The normalized spacial score (nSPS) is 16.5. The first-order valence-corrected chi connectivity index (χ1v) is 8.69. The second kappa shape index (κ2) is 8.54. The van der Waals surface area contributed by atoms with Gasteiger partial charge in [0.1, 0.15) is 5.75 Å². The van der Waals surface area contributed by atoms with Crippen molar-refractivity contribution in [1.29, 1.82) is 0 Å². The van der Waals surface area contributed by atoms with E-state index in [1.807, 2.05) is 0 Å². The summed E-state index contributed by atoms with van der Waals surface area (Å²) in [6.07, 6.45) is 6.89. The highest BCUT2D eigenvalue weighted by Gasteiger charge is 2.18. The van der Waals surface area contributed by atoms with Gasteiger partial charge >= 0.3 is 0 Å². The van der Waals surface area contributed by atoms with Crippen molar-refractivity contribution in [2.24, 2.45) is 0 Å².